The second kappa shape index (κ2) is 5.92. The van der Waals surface area contributed by atoms with Gasteiger partial charge in [-0.2, -0.15) is 0 Å². The van der Waals surface area contributed by atoms with Crippen molar-refractivity contribution in [1.29, 1.82) is 0 Å². The Labute approximate surface area is 132 Å². The van der Waals surface area contributed by atoms with Crippen LogP contribution in [0.15, 0.2) is 27.7 Å². The highest BCUT2D eigenvalue weighted by molar-refractivity contribution is 9.10. The maximum Gasteiger partial charge on any atom is 0.192 e. The number of nitrogens with zero attached hydrogens (tertiary/aromatic N) is 2. The van der Waals surface area contributed by atoms with Crippen molar-refractivity contribution in [3.63, 3.8) is 0 Å². The van der Waals surface area contributed by atoms with Crippen LogP contribution >= 0.6 is 27.5 Å². The van der Waals surface area contributed by atoms with E-state index in [1.54, 1.807) is 0 Å². The van der Waals surface area contributed by atoms with E-state index in [1.807, 2.05) is 18.2 Å². The summed E-state index contributed by atoms with van der Waals surface area (Å²) in [7, 11) is 0. The van der Waals surface area contributed by atoms with E-state index in [-0.39, 0.29) is 12.1 Å². The second-order valence-corrected chi connectivity index (χ2v) is 6.49. The zero-order valence-electron chi connectivity index (χ0n) is 11.1. The highest BCUT2D eigenvalue weighted by Gasteiger charge is 2.32. The summed E-state index contributed by atoms with van der Waals surface area (Å²) in [6.07, 6.45) is 2.45. The SMILES string of the molecule is NC1=NCC(c2cc(Br)ccc2Cl)N1CC1CCCO1. The van der Waals surface area contributed by atoms with Crippen molar-refractivity contribution in [2.75, 3.05) is 19.7 Å². The third-order valence-corrected chi connectivity index (χ3v) is 4.68. The van der Waals surface area contributed by atoms with Crippen LogP contribution in [-0.2, 0) is 4.74 Å². The topological polar surface area (TPSA) is 50.8 Å². The molecule has 2 heterocycles. The molecule has 1 saturated heterocycles. The Morgan fingerprint density at radius 2 is 2.35 bits per heavy atom. The molecule has 2 aliphatic rings. The van der Waals surface area contributed by atoms with Crippen molar-refractivity contribution < 1.29 is 4.74 Å². The lowest BCUT2D eigenvalue weighted by atomic mass is 10.1. The first-order chi connectivity index (χ1) is 9.65. The van der Waals surface area contributed by atoms with Gasteiger partial charge in [-0.1, -0.05) is 27.5 Å². The summed E-state index contributed by atoms with van der Waals surface area (Å²) in [6, 6.07) is 5.99. The Balaban J connectivity index is 1.82. The molecule has 2 N–H and O–H groups in total. The summed E-state index contributed by atoms with van der Waals surface area (Å²) in [5, 5.41) is 0.750. The highest BCUT2D eigenvalue weighted by Crippen LogP contribution is 2.33. The molecule has 6 heteroatoms. The van der Waals surface area contributed by atoms with E-state index in [1.165, 1.54) is 0 Å². The zero-order chi connectivity index (χ0) is 14.1. The van der Waals surface area contributed by atoms with E-state index < -0.39 is 0 Å². The fourth-order valence-corrected chi connectivity index (χ4v) is 3.42. The molecule has 4 nitrogen and oxygen atoms in total. The molecule has 20 heavy (non-hydrogen) atoms. The third-order valence-electron chi connectivity index (χ3n) is 3.84. The number of nitrogens with two attached hydrogens (primary N) is 1. The molecular weight excluding hydrogens is 342 g/mol. The minimum absolute atomic E-state index is 0.101. The van der Waals surface area contributed by atoms with Crippen molar-refractivity contribution in [3.8, 4) is 0 Å². The van der Waals surface area contributed by atoms with E-state index in [0.29, 0.717) is 12.5 Å². The highest BCUT2D eigenvalue weighted by atomic mass is 79.9. The van der Waals surface area contributed by atoms with Crippen LogP contribution in [0, 0.1) is 0 Å². The van der Waals surface area contributed by atoms with E-state index in [9.17, 15) is 0 Å². The smallest absolute Gasteiger partial charge is 0.192 e. The predicted octanol–water partition coefficient (Wildman–Crippen LogP) is 2.95. The average molecular weight is 359 g/mol. The molecular formula is C14H17BrClN3O. The maximum atomic E-state index is 6.34. The molecule has 1 aromatic rings. The molecule has 108 valence electrons. The van der Waals surface area contributed by atoms with Gasteiger partial charge < -0.3 is 15.4 Å². The molecule has 0 aromatic heterocycles. The molecule has 2 aliphatic heterocycles. The van der Waals surface area contributed by atoms with Crippen LogP contribution < -0.4 is 5.73 Å². The first-order valence-electron chi connectivity index (χ1n) is 6.78. The largest absolute Gasteiger partial charge is 0.376 e. The molecule has 0 spiro atoms. The van der Waals surface area contributed by atoms with E-state index in [4.69, 9.17) is 22.1 Å². The zero-order valence-corrected chi connectivity index (χ0v) is 13.4. The second-order valence-electron chi connectivity index (χ2n) is 5.17. The number of benzene rings is 1. The van der Waals surface area contributed by atoms with Crippen LogP contribution in [0.1, 0.15) is 24.4 Å². The van der Waals surface area contributed by atoms with Gasteiger partial charge in [-0.25, -0.2) is 0 Å². The number of guanidine groups is 1. The lowest BCUT2D eigenvalue weighted by molar-refractivity contribution is 0.0853. The first-order valence-corrected chi connectivity index (χ1v) is 7.95. The first kappa shape index (κ1) is 14.2. The Morgan fingerprint density at radius 1 is 1.50 bits per heavy atom. The molecule has 0 saturated carbocycles. The number of rotatable bonds is 3. The van der Waals surface area contributed by atoms with Crippen molar-refractivity contribution in [2.45, 2.75) is 25.0 Å². The number of halogens is 2. The Hall–Kier alpha value is -0.780. The van der Waals surface area contributed by atoms with Gasteiger partial charge in [0.15, 0.2) is 5.96 Å². The Morgan fingerprint density at radius 3 is 3.10 bits per heavy atom. The summed E-state index contributed by atoms with van der Waals surface area (Å²) in [5.41, 5.74) is 7.10. The molecule has 1 aromatic carbocycles. The number of hydrogen-bond donors (Lipinski definition) is 1. The Kier molecular flexibility index (Phi) is 4.19. The number of ether oxygens (including phenoxy) is 1. The molecule has 0 bridgehead atoms. The van der Waals surface area contributed by atoms with Gasteiger partial charge >= 0.3 is 0 Å². The lowest BCUT2D eigenvalue weighted by Gasteiger charge is -2.29. The monoisotopic (exact) mass is 357 g/mol. The van der Waals surface area contributed by atoms with Crippen molar-refractivity contribution in [2.24, 2.45) is 10.7 Å². The fourth-order valence-electron chi connectivity index (χ4n) is 2.79. The standard InChI is InChI=1S/C14H17BrClN3O/c15-9-3-4-12(16)11(6-9)13-7-18-14(17)19(13)8-10-2-1-5-20-10/h3-4,6,10,13H,1-2,5,7-8H2,(H2,17,18). The quantitative estimate of drug-likeness (QED) is 0.904. The van der Waals surface area contributed by atoms with Gasteiger partial charge in [-0.05, 0) is 36.6 Å². The summed E-state index contributed by atoms with van der Waals surface area (Å²) >= 11 is 9.83. The molecule has 0 aliphatic carbocycles. The van der Waals surface area contributed by atoms with Crippen LogP contribution in [0.5, 0.6) is 0 Å². The summed E-state index contributed by atoms with van der Waals surface area (Å²) in [4.78, 5) is 6.49. The molecule has 0 amide bonds. The summed E-state index contributed by atoms with van der Waals surface area (Å²) < 4.78 is 6.72. The van der Waals surface area contributed by atoms with Crippen LogP contribution in [0.4, 0.5) is 0 Å². The number of aliphatic imine (C=N–C) groups is 1. The van der Waals surface area contributed by atoms with Crippen molar-refractivity contribution in [3.05, 3.63) is 33.3 Å². The van der Waals surface area contributed by atoms with Crippen molar-refractivity contribution in [1.82, 2.24) is 4.90 Å². The third kappa shape index (κ3) is 2.80. The Bertz CT molecular complexity index is 531. The fraction of sp³-hybridized carbons (Fsp3) is 0.500. The molecule has 0 radical (unpaired) electrons. The van der Waals surface area contributed by atoms with Crippen LogP contribution in [0.2, 0.25) is 5.02 Å². The molecule has 1 fully saturated rings. The van der Waals surface area contributed by atoms with E-state index in [2.05, 4.69) is 25.8 Å². The predicted molar refractivity (Wildman–Crippen MR) is 84.1 cm³/mol. The molecule has 2 atom stereocenters. The summed E-state index contributed by atoms with van der Waals surface area (Å²) in [5.74, 6) is 0.585. The maximum absolute atomic E-state index is 6.34. The molecule has 3 rings (SSSR count). The van der Waals surface area contributed by atoms with Gasteiger partial charge in [0.05, 0.1) is 18.7 Å². The van der Waals surface area contributed by atoms with Gasteiger partial charge in [0.2, 0.25) is 0 Å². The van der Waals surface area contributed by atoms with Gasteiger partial charge in [0.25, 0.3) is 0 Å². The minimum Gasteiger partial charge on any atom is -0.376 e. The van der Waals surface area contributed by atoms with E-state index >= 15 is 0 Å². The van der Waals surface area contributed by atoms with Gasteiger partial charge in [-0.15, -0.1) is 0 Å². The minimum atomic E-state index is 0.101. The van der Waals surface area contributed by atoms with Crippen molar-refractivity contribution >= 4 is 33.5 Å². The van der Waals surface area contributed by atoms with E-state index in [0.717, 1.165) is 41.1 Å². The summed E-state index contributed by atoms with van der Waals surface area (Å²) in [6.45, 7) is 2.27. The van der Waals surface area contributed by atoms with Crippen LogP contribution in [0.3, 0.4) is 0 Å². The number of hydrogen-bond acceptors (Lipinski definition) is 4. The normalized spacial score (nSPS) is 26.1. The van der Waals surface area contributed by atoms with Gasteiger partial charge in [0.1, 0.15) is 0 Å². The van der Waals surface area contributed by atoms with Crippen LogP contribution in [0.25, 0.3) is 0 Å². The van der Waals surface area contributed by atoms with Gasteiger partial charge in [-0.3, -0.25) is 4.99 Å². The lowest BCUT2D eigenvalue weighted by Crippen LogP contribution is -2.41. The molecule has 2 unspecified atom stereocenters. The van der Waals surface area contributed by atoms with Gasteiger partial charge in [0, 0.05) is 22.6 Å². The average Bonchev–Trinajstić information content (AvgIpc) is 3.05. The van der Waals surface area contributed by atoms with Crippen LogP contribution in [-0.4, -0.2) is 36.7 Å².